The number of carbonyl (C=O) groups excluding carboxylic acids is 1. The maximum atomic E-state index is 11.9. The number of anilines is 1. The summed E-state index contributed by atoms with van der Waals surface area (Å²) in [4.78, 5) is 11.9. The highest BCUT2D eigenvalue weighted by molar-refractivity contribution is 5.95. The number of hydrogen-bond acceptors (Lipinski definition) is 4. The van der Waals surface area contributed by atoms with Crippen molar-refractivity contribution in [3.05, 3.63) is 23.8 Å². The third kappa shape index (κ3) is 5.48. The highest BCUT2D eigenvalue weighted by Crippen LogP contribution is 2.23. The molecule has 112 valence electrons. The second kappa shape index (κ2) is 8.43. The number of carbonyl (C=O) groups is 1. The largest absolute Gasteiger partial charge is 0.491 e. The van der Waals surface area contributed by atoms with Gasteiger partial charge in [0.1, 0.15) is 5.75 Å². The van der Waals surface area contributed by atoms with Gasteiger partial charge in [-0.05, 0) is 30.5 Å². The van der Waals surface area contributed by atoms with Crippen LogP contribution in [0.15, 0.2) is 18.2 Å². The van der Waals surface area contributed by atoms with Crippen molar-refractivity contribution in [2.75, 3.05) is 32.6 Å². The zero-order valence-corrected chi connectivity index (χ0v) is 12.4. The molecule has 0 aliphatic rings. The van der Waals surface area contributed by atoms with Crippen LogP contribution in [-0.2, 0) is 4.74 Å². The fraction of sp³-hybridized carbons (Fsp3) is 0.533. The Labute approximate surface area is 120 Å². The molecular weight excluding hydrogens is 256 g/mol. The molecule has 0 heterocycles. The molecule has 0 unspecified atom stereocenters. The number of benzene rings is 1. The summed E-state index contributed by atoms with van der Waals surface area (Å²) in [6, 6.07) is 5.06. The van der Waals surface area contributed by atoms with Gasteiger partial charge in [0.05, 0.1) is 18.9 Å². The van der Waals surface area contributed by atoms with Gasteiger partial charge in [-0.2, -0.15) is 0 Å². The first-order valence-corrected chi connectivity index (χ1v) is 6.84. The summed E-state index contributed by atoms with van der Waals surface area (Å²) in [5.74, 6) is 0.970. The van der Waals surface area contributed by atoms with Crippen molar-refractivity contribution in [3.8, 4) is 5.75 Å². The molecule has 0 aromatic heterocycles. The predicted molar refractivity (Wildman–Crippen MR) is 80.0 cm³/mol. The number of nitrogens with one attached hydrogen (secondary N) is 1. The minimum absolute atomic E-state index is 0.157. The predicted octanol–water partition coefficient (Wildman–Crippen LogP) is 2.07. The molecule has 1 aromatic rings. The van der Waals surface area contributed by atoms with E-state index >= 15 is 0 Å². The summed E-state index contributed by atoms with van der Waals surface area (Å²) >= 11 is 0. The van der Waals surface area contributed by atoms with E-state index in [0.29, 0.717) is 42.7 Å². The molecule has 20 heavy (non-hydrogen) atoms. The molecule has 0 fully saturated rings. The van der Waals surface area contributed by atoms with E-state index in [4.69, 9.17) is 15.2 Å². The van der Waals surface area contributed by atoms with Crippen LogP contribution in [0, 0.1) is 5.92 Å². The van der Waals surface area contributed by atoms with Crippen LogP contribution in [0.4, 0.5) is 5.69 Å². The monoisotopic (exact) mass is 280 g/mol. The molecule has 0 bridgehead atoms. The fourth-order valence-corrected chi connectivity index (χ4v) is 1.57. The number of nitrogens with two attached hydrogens (primary N) is 1. The average Bonchev–Trinajstić information content (AvgIpc) is 2.40. The Kier molecular flexibility index (Phi) is 6.87. The van der Waals surface area contributed by atoms with Crippen LogP contribution in [-0.4, -0.2) is 32.8 Å². The van der Waals surface area contributed by atoms with Crippen molar-refractivity contribution in [1.82, 2.24) is 5.32 Å². The van der Waals surface area contributed by atoms with Gasteiger partial charge in [0, 0.05) is 19.2 Å². The van der Waals surface area contributed by atoms with Gasteiger partial charge in [-0.15, -0.1) is 0 Å². The summed E-state index contributed by atoms with van der Waals surface area (Å²) in [7, 11) is 1.59. The third-order valence-electron chi connectivity index (χ3n) is 2.82. The topological polar surface area (TPSA) is 73.6 Å². The van der Waals surface area contributed by atoms with Gasteiger partial charge in [-0.3, -0.25) is 4.79 Å². The normalized spacial score (nSPS) is 10.6. The molecule has 1 rings (SSSR count). The number of amides is 1. The smallest absolute Gasteiger partial charge is 0.251 e. The SMILES string of the molecule is COCCNC(=O)c1ccc(N)c(OCCC(C)C)c1. The maximum Gasteiger partial charge on any atom is 0.251 e. The van der Waals surface area contributed by atoms with E-state index in [1.807, 2.05) is 0 Å². The number of hydrogen-bond donors (Lipinski definition) is 2. The van der Waals surface area contributed by atoms with Gasteiger partial charge in [0.2, 0.25) is 0 Å². The first-order valence-electron chi connectivity index (χ1n) is 6.84. The Bertz CT molecular complexity index is 433. The van der Waals surface area contributed by atoms with Crippen LogP contribution < -0.4 is 15.8 Å². The molecular formula is C15H24N2O3. The lowest BCUT2D eigenvalue weighted by Gasteiger charge is -2.12. The maximum absolute atomic E-state index is 11.9. The molecule has 0 atom stereocenters. The first kappa shape index (κ1) is 16.3. The molecule has 3 N–H and O–H groups in total. The molecule has 0 aliphatic heterocycles. The number of methoxy groups -OCH3 is 1. The summed E-state index contributed by atoms with van der Waals surface area (Å²) in [6.45, 7) is 5.82. The Morgan fingerprint density at radius 3 is 2.75 bits per heavy atom. The van der Waals surface area contributed by atoms with Gasteiger partial charge in [-0.25, -0.2) is 0 Å². The van der Waals surface area contributed by atoms with E-state index in [9.17, 15) is 4.79 Å². The Morgan fingerprint density at radius 2 is 2.10 bits per heavy atom. The van der Waals surface area contributed by atoms with Crippen molar-refractivity contribution >= 4 is 11.6 Å². The summed E-state index contributed by atoms with van der Waals surface area (Å²) in [6.07, 6.45) is 0.948. The van der Waals surface area contributed by atoms with Crippen LogP contribution >= 0.6 is 0 Å². The Balaban J connectivity index is 2.62. The molecule has 0 spiro atoms. The number of rotatable bonds is 8. The van der Waals surface area contributed by atoms with Crippen molar-refractivity contribution in [2.24, 2.45) is 5.92 Å². The minimum atomic E-state index is -0.157. The second-order valence-corrected chi connectivity index (χ2v) is 5.03. The van der Waals surface area contributed by atoms with E-state index in [1.54, 1.807) is 25.3 Å². The molecule has 0 aliphatic carbocycles. The molecule has 1 amide bonds. The van der Waals surface area contributed by atoms with E-state index in [1.165, 1.54) is 0 Å². The third-order valence-corrected chi connectivity index (χ3v) is 2.82. The standard InChI is InChI=1S/C15H24N2O3/c1-11(2)6-8-20-14-10-12(4-5-13(14)16)15(18)17-7-9-19-3/h4-5,10-11H,6-9,16H2,1-3H3,(H,17,18). The van der Waals surface area contributed by atoms with Crippen LogP contribution in [0.25, 0.3) is 0 Å². The van der Waals surface area contributed by atoms with E-state index < -0.39 is 0 Å². The number of nitrogen functional groups attached to an aromatic ring is 1. The minimum Gasteiger partial charge on any atom is -0.491 e. The van der Waals surface area contributed by atoms with Crippen molar-refractivity contribution in [2.45, 2.75) is 20.3 Å². The molecule has 5 nitrogen and oxygen atoms in total. The van der Waals surface area contributed by atoms with Crippen molar-refractivity contribution in [3.63, 3.8) is 0 Å². The van der Waals surface area contributed by atoms with E-state index in [-0.39, 0.29) is 5.91 Å². The van der Waals surface area contributed by atoms with Gasteiger partial charge in [-0.1, -0.05) is 13.8 Å². The van der Waals surface area contributed by atoms with Crippen LogP contribution in [0.3, 0.4) is 0 Å². The second-order valence-electron chi connectivity index (χ2n) is 5.03. The van der Waals surface area contributed by atoms with E-state index in [2.05, 4.69) is 19.2 Å². The molecule has 1 aromatic carbocycles. The quantitative estimate of drug-likeness (QED) is 0.565. The van der Waals surface area contributed by atoms with Gasteiger partial charge in [0.25, 0.3) is 5.91 Å². The fourth-order valence-electron chi connectivity index (χ4n) is 1.57. The molecule has 5 heteroatoms. The van der Waals surface area contributed by atoms with Gasteiger partial charge >= 0.3 is 0 Å². The lowest BCUT2D eigenvalue weighted by molar-refractivity contribution is 0.0936. The Morgan fingerprint density at radius 1 is 1.35 bits per heavy atom. The first-order chi connectivity index (χ1) is 9.54. The summed E-state index contributed by atoms with van der Waals surface area (Å²) in [5, 5.41) is 2.76. The Hall–Kier alpha value is -1.75. The van der Waals surface area contributed by atoms with Crippen molar-refractivity contribution in [1.29, 1.82) is 0 Å². The zero-order valence-electron chi connectivity index (χ0n) is 12.4. The zero-order chi connectivity index (χ0) is 15.0. The van der Waals surface area contributed by atoms with E-state index in [0.717, 1.165) is 6.42 Å². The molecule has 0 saturated carbocycles. The van der Waals surface area contributed by atoms with Gasteiger partial charge < -0.3 is 20.5 Å². The van der Waals surface area contributed by atoms with Gasteiger partial charge in [0.15, 0.2) is 0 Å². The average molecular weight is 280 g/mol. The van der Waals surface area contributed by atoms with Crippen LogP contribution in [0.2, 0.25) is 0 Å². The summed E-state index contributed by atoms with van der Waals surface area (Å²) < 4.78 is 10.5. The highest BCUT2D eigenvalue weighted by atomic mass is 16.5. The van der Waals surface area contributed by atoms with Crippen LogP contribution in [0.5, 0.6) is 5.75 Å². The number of ether oxygens (including phenoxy) is 2. The molecule has 0 radical (unpaired) electrons. The molecule has 0 saturated heterocycles. The lowest BCUT2D eigenvalue weighted by Crippen LogP contribution is -2.26. The highest BCUT2D eigenvalue weighted by Gasteiger charge is 2.09. The lowest BCUT2D eigenvalue weighted by atomic mass is 10.1. The summed E-state index contributed by atoms with van der Waals surface area (Å²) in [5.41, 5.74) is 6.93. The van der Waals surface area contributed by atoms with Crippen molar-refractivity contribution < 1.29 is 14.3 Å². The van der Waals surface area contributed by atoms with Crippen LogP contribution in [0.1, 0.15) is 30.6 Å².